The molecule has 0 heterocycles. The summed E-state index contributed by atoms with van der Waals surface area (Å²) in [7, 11) is 0. The summed E-state index contributed by atoms with van der Waals surface area (Å²) in [6.07, 6.45) is 3.50. The molecule has 0 unspecified atom stereocenters. The monoisotopic (exact) mass is 224 g/mol. The normalized spacial score (nSPS) is 6.13. The molecular weight excluding hydrogens is 196 g/mol. The van der Waals surface area contributed by atoms with Crippen molar-refractivity contribution < 1.29 is 14.9 Å². The fourth-order valence-corrected chi connectivity index (χ4v) is 0.231. The van der Waals surface area contributed by atoms with Gasteiger partial charge >= 0.3 is 0 Å². The van der Waals surface area contributed by atoms with Crippen molar-refractivity contribution in [3.8, 4) is 0 Å². The van der Waals surface area contributed by atoms with E-state index in [-0.39, 0.29) is 25.5 Å². The van der Waals surface area contributed by atoms with Crippen LogP contribution in [-0.4, -0.2) is 36.6 Å². The van der Waals surface area contributed by atoms with E-state index in [0.717, 1.165) is 0 Å². The van der Waals surface area contributed by atoms with Gasteiger partial charge in [0.05, 0.1) is 26.4 Å². The zero-order valence-electron chi connectivity index (χ0n) is 10.1. The molecule has 0 saturated carbocycles. The van der Waals surface area contributed by atoms with Gasteiger partial charge in [-0.25, -0.2) is 0 Å². The molecule has 5 nitrogen and oxygen atoms in total. The summed E-state index contributed by atoms with van der Waals surface area (Å²) in [5, 5.41) is 16.2. The van der Waals surface area contributed by atoms with E-state index in [1.807, 2.05) is 13.8 Å². The lowest BCUT2D eigenvalue weighted by molar-refractivity contribution is 0.0650. The highest BCUT2D eigenvalue weighted by Gasteiger charge is 1.79. The van der Waals surface area contributed by atoms with Crippen LogP contribution >= 0.6 is 0 Å². The Morgan fingerprint density at radius 3 is 1.27 bits per heavy atom. The third-order valence-electron chi connectivity index (χ3n) is 0.471. The van der Waals surface area contributed by atoms with Crippen LogP contribution in [0.15, 0.2) is 25.3 Å². The highest BCUT2D eigenvalue weighted by atomic mass is 16.5. The molecule has 8 N–H and O–H groups in total. The van der Waals surface area contributed by atoms with Gasteiger partial charge in [-0.1, -0.05) is 12.2 Å². The predicted octanol–water partition coefficient (Wildman–Crippen LogP) is 1.70. The lowest BCUT2D eigenvalue weighted by atomic mass is 10.7. The van der Waals surface area contributed by atoms with Crippen LogP contribution in [-0.2, 0) is 4.74 Å². The molecule has 0 rings (SSSR count). The first kappa shape index (κ1) is 29.2. The van der Waals surface area contributed by atoms with E-state index in [2.05, 4.69) is 17.9 Å². The number of ether oxygens (including phenoxy) is 1. The first-order chi connectivity index (χ1) is 6.24. The third-order valence-corrected chi connectivity index (χ3v) is 0.471. The van der Waals surface area contributed by atoms with Crippen LogP contribution in [0.3, 0.4) is 0 Å². The molecule has 0 aromatic heterocycles. The van der Waals surface area contributed by atoms with Crippen molar-refractivity contribution in [2.45, 2.75) is 13.8 Å². The second-order valence-corrected chi connectivity index (χ2v) is 1.88. The minimum absolute atomic E-state index is 0. The topological polar surface area (TPSA) is 120 Å². The molecule has 0 atom stereocenters. The molecule has 0 spiro atoms. The lowest BCUT2D eigenvalue weighted by Gasteiger charge is -1.94. The summed E-state index contributed by atoms with van der Waals surface area (Å²) in [6.45, 7) is 11.2. The lowest BCUT2D eigenvalue weighted by Crippen LogP contribution is -2.03. The number of allylic oxidation sites excluding steroid dienone is 2. The van der Waals surface area contributed by atoms with Crippen molar-refractivity contribution >= 4 is 0 Å². The Labute approximate surface area is 93.6 Å². The van der Waals surface area contributed by atoms with Crippen molar-refractivity contribution in [3.05, 3.63) is 25.3 Å². The molecule has 0 aliphatic heterocycles. The zero-order chi connectivity index (χ0) is 10.9. The molecule has 15 heavy (non-hydrogen) atoms. The highest BCUT2D eigenvalue weighted by Crippen LogP contribution is 1.68. The summed E-state index contributed by atoms with van der Waals surface area (Å²) in [6, 6.07) is 0. The number of aliphatic hydroxyl groups is 2. The van der Waals surface area contributed by atoms with Crippen molar-refractivity contribution in [1.29, 1.82) is 0 Å². The molecular formula is C10H28N2O3. The zero-order valence-corrected chi connectivity index (χ0v) is 10.1. The van der Waals surface area contributed by atoms with Gasteiger partial charge in [0.1, 0.15) is 0 Å². The van der Waals surface area contributed by atoms with E-state index >= 15 is 0 Å². The van der Waals surface area contributed by atoms with Crippen molar-refractivity contribution in [2.24, 2.45) is 0 Å². The second-order valence-electron chi connectivity index (χ2n) is 1.88. The summed E-state index contributed by atoms with van der Waals surface area (Å²) in [4.78, 5) is 0. The van der Waals surface area contributed by atoms with Crippen molar-refractivity contribution in [2.75, 3.05) is 26.4 Å². The Hall–Kier alpha value is -0.720. The quantitative estimate of drug-likeness (QED) is 0.428. The molecule has 0 bridgehead atoms. The van der Waals surface area contributed by atoms with Gasteiger partial charge < -0.3 is 27.3 Å². The average Bonchev–Trinajstić information content (AvgIpc) is 2.08. The van der Waals surface area contributed by atoms with Gasteiger partial charge in [0.15, 0.2) is 0 Å². The van der Waals surface area contributed by atoms with Crippen LogP contribution in [0.5, 0.6) is 0 Å². The van der Waals surface area contributed by atoms with E-state index in [1.165, 1.54) is 0 Å². The van der Waals surface area contributed by atoms with E-state index in [1.54, 1.807) is 12.2 Å². The summed E-state index contributed by atoms with van der Waals surface area (Å²) in [5.74, 6) is 0. The van der Waals surface area contributed by atoms with Crippen molar-refractivity contribution in [3.63, 3.8) is 0 Å². The Bertz CT molecular complexity index is 80.7. The average molecular weight is 224 g/mol. The highest BCUT2D eigenvalue weighted by molar-refractivity contribution is 4.51. The number of hydrogen-bond acceptors (Lipinski definition) is 5. The van der Waals surface area contributed by atoms with Gasteiger partial charge in [-0.3, -0.25) is 0 Å². The van der Waals surface area contributed by atoms with Crippen LogP contribution < -0.4 is 12.3 Å². The maximum Gasteiger partial charge on any atom is 0.0698 e. The molecule has 0 aliphatic rings. The Morgan fingerprint density at radius 2 is 1.13 bits per heavy atom. The summed E-state index contributed by atoms with van der Waals surface area (Å²) >= 11 is 0. The van der Waals surface area contributed by atoms with Crippen LogP contribution in [0, 0.1) is 0 Å². The Morgan fingerprint density at radius 1 is 0.933 bits per heavy atom. The molecule has 0 radical (unpaired) electrons. The molecule has 5 heteroatoms. The van der Waals surface area contributed by atoms with E-state index in [4.69, 9.17) is 10.2 Å². The van der Waals surface area contributed by atoms with Crippen molar-refractivity contribution in [1.82, 2.24) is 12.3 Å². The number of aliphatic hydroxyl groups excluding tert-OH is 2. The minimum Gasteiger partial charge on any atom is -0.394 e. The first-order valence-corrected chi connectivity index (χ1v) is 4.18. The van der Waals surface area contributed by atoms with Crippen LogP contribution in [0.1, 0.15) is 13.8 Å². The Kier molecular flexibility index (Phi) is 99.0. The maximum atomic E-state index is 8.09. The van der Waals surface area contributed by atoms with E-state index in [9.17, 15) is 0 Å². The fraction of sp³-hybridized carbons (Fsp3) is 0.600. The SMILES string of the molecule is C=CC.C=CC.N.N.OCCOCCO. The summed E-state index contributed by atoms with van der Waals surface area (Å²) < 4.78 is 4.63. The number of hydrogen-bond donors (Lipinski definition) is 4. The molecule has 0 aromatic carbocycles. The standard InChI is InChI=1S/C4H10O3.2C3H6.2H3N/c5-1-3-7-4-2-6;2*1-3-2;;/h5-6H,1-4H2;2*3H,1H2,2H3;2*1H3. The van der Waals surface area contributed by atoms with Crippen LogP contribution in [0.4, 0.5) is 0 Å². The first-order valence-electron chi connectivity index (χ1n) is 4.18. The van der Waals surface area contributed by atoms with Crippen LogP contribution in [0.2, 0.25) is 0 Å². The molecule has 0 fully saturated rings. The second kappa shape index (κ2) is 50.8. The van der Waals surface area contributed by atoms with Gasteiger partial charge in [0.2, 0.25) is 0 Å². The molecule has 0 saturated heterocycles. The number of rotatable bonds is 4. The molecule has 0 aliphatic carbocycles. The molecule has 96 valence electrons. The summed E-state index contributed by atoms with van der Waals surface area (Å²) in [5.41, 5.74) is 0. The minimum atomic E-state index is 0. The predicted molar refractivity (Wildman–Crippen MR) is 66.8 cm³/mol. The van der Waals surface area contributed by atoms with E-state index in [0.29, 0.717) is 13.2 Å². The third kappa shape index (κ3) is 157. The maximum absolute atomic E-state index is 8.09. The fourth-order valence-electron chi connectivity index (χ4n) is 0.231. The Balaban J connectivity index is -0.0000000361. The van der Waals surface area contributed by atoms with E-state index < -0.39 is 0 Å². The largest absolute Gasteiger partial charge is 0.394 e. The van der Waals surface area contributed by atoms with Gasteiger partial charge in [-0.2, -0.15) is 0 Å². The van der Waals surface area contributed by atoms with Gasteiger partial charge in [0.25, 0.3) is 0 Å². The van der Waals surface area contributed by atoms with Gasteiger partial charge in [-0.05, 0) is 13.8 Å². The molecule has 0 amide bonds. The van der Waals surface area contributed by atoms with Crippen LogP contribution in [0.25, 0.3) is 0 Å². The molecule has 0 aromatic rings. The van der Waals surface area contributed by atoms with Gasteiger partial charge in [0, 0.05) is 0 Å². The van der Waals surface area contributed by atoms with Gasteiger partial charge in [-0.15, -0.1) is 13.2 Å². The smallest absolute Gasteiger partial charge is 0.0698 e.